The highest BCUT2D eigenvalue weighted by atomic mass is 19.1. The number of aromatic nitrogens is 1. The van der Waals surface area contributed by atoms with E-state index in [1.54, 1.807) is 37.6 Å². The minimum Gasteiger partial charge on any atom is -0.481 e. The van der Waals surface area contributed by atoms with E-state index < -0.39 is 0 Å². The molecular weight excluding hydrogens is 433 g/mol. The van der Waals surface area contributed by atoms with Crippen LogP contribution in [0, 0.1) is 17.7 Å². The third-order valence-electron chi connectivity index (χ3n) is 7.33. The van der Waals surface area contributed by atoms with Crippen molar-refractivity contribution in [1.29, 1.82) is 0 Å². The van der Waals surface area contributed by atoms with Crippen LogP contribution in [0.2, 0.25) is 0 Å². The van der Waals surface area contributed by atoms with E-state index in [4.69, 9.17) is 4.74 Å². The quantitative estimate of drug-likeness (QED) is 0.579. The molecule has 1 aliphatic heterocycles. The minimum atomic E-state index is -0.308. The highest BCUT2D eigenvalue weighted by Crippen LogP contribution is 2.29. The molecule has 0 radical (unpaired) electrons. The lowest BCUT2D eigenvalue weighted by atomic mass is 9.83. The number of pyridine rings is 1. The Morgan fingerprint density at radius 3 is 2.41 bits per heavy atom. The smallest absolute Gasteiger partial charge is 0.251 e. The first kappa shape index (κ1) is 24.3. The molecule has 1 aliphatic carbocycles. The van der Waals surface area contributed by atoms with Crippen LogP contribution >= 0.6 is 0 Å². The predicted molar refractivity (Wildman–Crippen MR) is 129 cm³/mol. The molecule has 1 N–H and O–H groups in total. The van der Waals surface area contributed by atoms with E-state index in [1.165, 1.54) is 18.6 Å². The second kappa shape index (κ2) is 11.6. The Bertz CT molecular complexity index is 965. The largest absolute Gasteiger partial charge is 0.481 e. The molecule has 2 aromatic rings. The first-order chi connectivity index (χ1) is 16.5. The van der Waals surface area contributed by atoms with E-state index in [1.807, 2.05) is 0 Å². The highest BCUT2D eigenvalue weighted by molar-refractivity contribution is 5.97. The summed E-state index contributed by atoms with van der Waals surface area (Å²) in [5, 5.41) is 3.16. The van der Waals surface area contributed by atoms with Gasteiger partial charge >= 0.3 is 0 Å². The summed E-state index contributed by atoms with van der Waals surface area (Å²) in [6.07, 6.45) is 8.77. The van der Waals surface area contributed by atoms with Gasteiger partial charge in [-0.2, -0.15) is 0 Å². The average molecular weight is 468 g/mol. The van der Waals surface area contributed by atoms with Crippen molar-refractivity contribution in [2.45, 2.75) is 51.0 Å². The number of methoxy groups -OCH3 is 1. The molecule has 4 rings (SSSR count). The highest BCUT2D eigenvalue weighted by Gasteiger charge is 2.27. The van der Waals surface area contributed by atoms with Gasteiger partial charge in [0, 0.05) is 35.3 Å². The number of ether oxygens (including phenoxy) is 1. The number of Topliss-reactive ketones (excluding diaryl/α,β-unsaturated/α-hetero) is 1. The van der Waals surface area contributed by atoms with E-state index >= 15 is 0 Å². The van der Waals surface area contributed by atoms with Crippen molar-refractivity contribution in [2.24, 2.45) is 11.8 Å². The molecule has 1 aromatic carbocycles. The van der Waals surface area contributed by atoms with Crippen molar-refractivity contribution in [1.82, 2.24) is 15.2 Å². The molecule has 0 unspecified atom stereocenters. The standard InChI is InChI=1S/C27H34FN3O3/c1-34-25-18-22(10-14-29-25)27(33)30-24-8-2-19(3-9-24)11-15-31-16-12-21(13-17-31)26(32)20-4-6-23(28)7-5-20/h4-7,10,14,18-19,21,24H,2-3,8-9,11-13,15-17H2,1H3,(H,30,33). The van der Waals surface area contributed by atoms with Crippen molar-refractivity contribution in [2.75, 3.05) is 26.7 Å². The van der Waals surface area contributed by atoms with Gasteiger partial charge in [0.25, 0.3) is 5.91 Å². The third-order valence-corrected chi connectivity index (χ3v) is 7.33. The Morgan fingerprint density at radius 1 is 1.03 bits per heavy atom. The number of amides is 1. The number of halogens is 1. The van der Waals surface area contributed by atoms with Gasteiger partial charge in [-0.1, -0.05) is 0 Å². The van der Waals surface area contributed by atoms with E-state index in [2.05, 4.69) is 15.2 Å². The number of benzene rings is 1. The summed E-state index contributed by atoms with van der Waals surface area (Å²) in [6, 6.07) is 9.50. The molecule has 6 nitrogen and oxygen atoms in total. The fourth-order valence-corrected chi connectivity index (χ4v) is 5.16. The van der Waals surface area contributed by atoms with Gasteiger partial charge in [0.15, 0.2) is 5.78 Å². The Labute approximate surface area is 200 Å². The van der Waals surface area contributed by atoms with Crippen molar-refractivity contribution in [3.63, 3.8) is 0 Å². The number of nitrogens with zero attached hydrogens (tertiary/aromatic N) is 2. The number of likely N-dealkylation sites (tertiary alicyclic amines) is 1. The second-order valence-electron chi connectivity index (χ2n) is 9.55. The van der Waals surface area contributed by atoms with Crippen molar-refractivity contribution in [3.8, 4) is 5.88 Å². The van der Waals surface area contributed by atoms with Crippen molar-refractivity contribution >= 4 is 11.7 Å². The monoisotopic (exact) mass is 467 g/mol. The molecule has 1 saturated heterocycles. The number of ketones is 1. The summed E-state index contributed by atoms with van der Waals surface area (Å²) in [5.74, 6) is 0.943. The predicted octanol–water partition coefficient (Wildman–Crippen LogP) is 4.50. The fourth-order valence-electron chi connectivity index (χ4n) is 5.16. The molecule has 0 bridgehead atoms. The molecule has 1 saturated carbocycles. The SMILES string of the molecule is COc1cc(C(=O)NC2CCC(CCN3CCC(C(=O)c4ccc(F)cc4)CC3)CC2)ccn1. The summed E-state index contributed by atoms with van der Waals surface area (Å²) >= 11 is 0. The van der Waals surface area contributed by atoms with Gasteiger partial charge in [0.2, 0.25) is 5.88 Å². The maximum Gasteiger partial charge on any atom is 0.251 e. The lowest BCUT2D eigenvalue weighted by Crippen LogP contribution is -2.39. The Hall–Kier alpha value is -2.80. The molecule has 2 heterocycles. The van der Waals surface area contributed by atoms with Gasteiger partial charge < -0.3 is 15.0 Å². The van der Waals surface area contributed by atoms with E-state index in [-0.39, 0.29) is 29.5 Å². The van der Waals surface area contributed by atoms with Crippen LogP contribution in [0.5, 0.6) is 5.88 Å². The zero-order valence-corrected chi connectivity index (χ0v) is 19.8. The molecule has 7 heteroatoms. The fraction of sp³-hybridized carbons (Fsp3) is 0.519. The van der Waals surface area contributed by atoms with Gasteiger partial charge in [-0.05, 0) is 101 Å². The van der Waals surface area contributed by atoms with E-state index in [0.717, 1.165) is 58.2 Å². The summed E-state index contributed by atoms with van der Waals surface area (Å²) < 4.78 is 18.2. The minimum absolute atomic E-state index is 0.0427. The zero-order valence-electron chi connectivity index (χ0n) is 19.8. The molecule has 2 fully saturated rings. The molecule has 2 aliphatic rings. The average Bonchev–Trinajstić information content (AvgIpc) is 2.88. The van der Waals surface area contributed by atoms with Crippen LogP contribution in [-0.4, -0.2) is 54.4 Å². The number of hydrogen-bond donors (Lipinski definition) is 1. The maximum atomic E-state index is 13.1. The van der Waals surface area contributed by atoms with Crippen LogP contribution in [0.3, 0.4) is 0 Å². The molecule has 182 valence electrons. The lowest BCUT2D eigenvalue weighted by molar-refractivity contribution is 0.0832. The molecule has 1 aromatic heterocycles. The van der Waals surface area contributed by atoms with Crippen LogP contribution in [0.15, 0.2) is 42.6 Å². The molecule has 0 atom stereocenters. The van der Waals surface area contributed by atoms with Gasteiger partial charge in [-0.3, -0.25) is 9.59 Å². The summed E-state index contributed by atoms with van der Waals surface area (Å²) in [7, 11) is 1.54. The first-order valence-electron chi connectivity index (χ1n) is 12.3. The molecular formula is C27H34FN3O3. The van der Waals surface area contributed by atoms with Crippen molar-refractivity contribution in [3.05, 3.63) is 59.5 Å². The number of piperidine rings is 1. The van der Waals surface area contributed by atoms with Crippen molar-refractivity contribution < 1.29 is 18.7 Å². The Morgan fingerprint density at radius 2 is 1.74 bits per heavy atom. The zero-order chi connectivity index (χ0) is 23.9. The molecule has 0 spiro atoms. The molecule has 34 heavy (non-hydrogen) atoms. The maximum absolute atomic E-state index is 13.1. The number of carbonyl (C=O) groups is 2. The van der Waals surface area contributed by atoms with Gasteiger partial charge in [0.05, 0.1) is 7.11 Å². The summed E-state index contributed by atoms with van der Waals surface area (Å²) in [5.41, 5.74) is 1.20. The third kappa shape index (κ3) is 6.41. The number of rotatable bonds is 8. The lowest BCUT2D eigenvalue weighted by Gasteiger charge is -2.34. The Kier molecular flexibility index (Phi) is 8.27. The number of carbonyl (C=O) groups excluding carboxylic acids is 2. The van der Waals surface area contributed by atoms with Crippen LogP contribution < -0.4 is 10.1 Å². The van der Waals surface area contributed by atoms with E-state index in [0.29, 0.717) is 22.9 Å². The second-order valence-corrected chi connectivity index (χ2v) is 9.55. The summed E-state index contributed by atoms with van der Waals surface area (Å²) in [6.45, 7) is 2.95. The van der Waals surface area contributed by atoms with Crippen LogP contribution in [0.4, 0.5) is 4.39 Å². The van der Waals surface area contributed by atoms with E-state index in [9.17, 15) is 14.0 Å². The summed E-state index contributed by atoms with van der Waals surface area (Å²) in [4.78, 5) is 31.7. The van der Waals surface area contributed by atoms with Gasteiger partial charge in [-0.15, -0.1) is 0 Å². The normalized spacial score (nSPS) is 21.7. The first-order valence-corrected chi connectivity index (χ1v) is 12.3. The van der Waals surface area contributed by atoms with Gasteiger partial charge in [-0.25, -0.2) is 9.37 Å². The number of nitrogens with one attached hydrogen (secondary N) is 1. The molecule has 1 amide bonds. The topological polar surface area (TPSA) is 71.5 Å². The Balaban J connectivity index is 1.14. The van der Waals surface area contributed by atoms with Gasteiger partial charge in [0.1, 0.15) is 5.82 Å². The number of hydrogen-bond acceptors (Lipinski definition) is 5. The van der Waals surface area contributed by atoms with Crippen LogP contribution in [0.25, 0.3) is 0 Å². The van der Waals surface area contributed by atoms with Crippen LogP contribution in [-0.2, 0) is 0 Å². The van der Waals surface area contributed by atoms with Crippen LogP contribution in [0.1, 0.15) is 65.7 Å².